The van der Waals surface area contributed by atoms with Crippen LogP contribution in [0.15, 0.2) is 5.38 Å². The van der Waals surface area contributed by atoms with E-state index in [1.54, 1.807) is 0 Å². The van der Waals surface area contributed by atoms with E-state index in [-0.39, 0.29) is 36.8 Å². The van der Waals surface area contributed by atoms with Crippen molar-refractivity contribution >= 4 is 47.2 Å². The highest BCUT2D eigenvalue weighted by molar-refractivity contribution is 7.13. The van der Waals surface area contributed by atoms with E-state index in [1.165, 1.54) is 11.3 Å². The molecule has 0 spiro atoms. The zero-order chi connectivity index (χ0) is 15.4. The molecule has 2 aliphatic rings. The number of morpholine rings is 1. The van der Waals surface area contributed by atoms with Crippen LogP contribution in [0.3, 0.4) is 0 Å². The summed E-state index contributed by atoms with van der Waals surface area (Å²) in [6.45, 7) is 4.66. The molecule has 3 N–H and O–H groups in total. The van der Waals surface area contributed by atoms with Crippen molar-refractivity contribution in [2.24, 2.45) is 5.73 Å². The first-order chi connectivity index (χ1) is 10.7. The average Bonchev–Trinajstić information content (AvgIpc) is 3.17. The summed E-state index contributed by atoms with van der Waals surface area (Å²) in [6.07, 6.45) is 1.16. The summed E-state index contributed by atoms with van der Waals surface area (Å²) < 4.78 is 10.9. The van der Waals surface area contributed by atoms with Gasteiger partial charge in [-0.3, -0.25) is 15.0 Å². The molecule has 3 rings (SSSR count). The van der Waals surface area contributed by atoms with Crippen molar-refractivity contribution in [3.8, 4) is 0 Å². The van der Waals surface area contributed by atoms with E-state index < -0.39 is 6.10 Å². The number of carbonyl (C=O) groups excluding carboxylic acids is 1. The molecular formula is C14H24Cl2N4O3S. The molecule has 2 saturated heterocycles. The number of anilines is 1. The van der Waals surface area contributed by atoms with Crippen LogP contribution in [0.5, 0.6) is 0 Å². The highest BCUT2D eigenvalue weighted by atomic mass is 35.5. The van der Waals surface area contributed by atoms with Crippen molar-refractivity contribution in [3.05, 3.63) is 11.1 Å². The largest absolute Gasteiger partial charge is 0.379 e. The Bertz CT molecular complexity index is 514. The SMILES string of the molecule is Cl.Cl.NC[C@H]1CC[C@@H](C(=O)Nc2nc(CN3CCOCC3)cs2)O1. The van der Waals surface area contributed by atoms with Gasteiger partial charge in [-0.2, -0.15) is 0 Å². The Hall–Kier alpha value is -0.480. The normalized spacial score (nSPS) is 24.0. The molecule has 2 aliphatic heterocycles. The zero-order valence-electron chi connectivity index (χ0n) is 13.3. The fraction of sp³-hybridized carbons (Fsp3) is 0.714. The maximum atomic E-state index is 12.1. The van der Waals surface area contributed by atoms with Crippen LogP contribution < -0.4 is 11.1 Å². The summed E-state index contributed by atoms with van der Waals surface area (Å²) in [7, 11) is 0. The summed E-state index contributed by atoms with van der Waals surface area (Å²) in [5, 5.41) is 5.47. The molecule has 0 bridgehead atoms. The smallest absolute Gasteiger partial charge is 0.255 e. The Labute approximate surface area is 158 Å². The highest BCUT2D eigenvalue weighted by Gasteiger charge is 2.30. The highest BCUT2D eigenvalue weighted by Crippen LogP contribution is 2.22. The van der Waals surface area contributed by atoms with Gasteiger partial charge in [-0.05, 0) is 12.8 Å². The number of halogens is 2. The lowest BCUT2D eigenvalue weighted by Gasteiger charge is -2.25. The predicted octanol–water partition coefficient (Wildman–Crippen LogP) is 1.26. The molecule has 0 aromatic carbocycles. The minimum absolute atomic E-state index is 0. The number of thiazole rings is 1. The molecule has 0 unspecified atom stereocenters. The van der Waals surface area contributed by atoms with Crippen LogP contribution in [-0.4, -0.2) is 60.8 Å². The van der Waals surface area contributed by atoms with Crippen molar-refractivity contribution in [1.29, 1.82) is 0 Å². The number of nitrogens with one attached hydrogen (secondary N) is 1. The second kappa shape index (κ2) is 10.5. The monoisotopic (exact) mass is 398 g/mol. The van der Waals surface area contributed by atoms with Crippen LogP contribution in [0.2, 0.25) is 0 Å². The Morgan fingerprint density at radius 1 is 1.38 bits per heavy atom. The van der Waals surface area contributed by atoms with Gasteiger partial charge in [-0.25, -0.2) is 4.98 Å². The van der Waals surface area contributed by atoms with E-state index in [9.17, 15) is 4.79 Å². The van der Waals surface area contributed by atoms with Gasteiger partial charge in [-0.15, -0.1) is 36.2 Å². The van der Waals surface area contributed by atoms with Crippen LogP contribution >= 0.6 is 36.2 Å². The predicted molar refractivity (Wildman–Crippen MR) is 98.3 cm³/mol. The van der Waals surface area contributed by atoms with Gasteiger partial charge < -0.3 is 15.2 Å². The number of hydrogen-bond donors (Lipinski definition) is 2. The van der Waals surface area contributed by atoms with Gasteiger partial charge in [0.2, 0.25) is 0 Å². The molecule has 7 nitrogen and oxygen atoms in total. The van der Waals surface area contributed by atoms with E-state index >= 15 is 0 Å². The standard InChI is InChI=1S/C14H22N4O3S.2ClH/c15-7-11-1-2-12(21-11)13(19)17-14-16-10(9-22-14)8-18-3-5-20-6-4-18;;/h9,11-12H,1-8,15H2,(H,16,17,19);2*1H/t11-,12+;;/m1../s1. The van der Waals surface area contributed by atoms with Crippen molar-refractivity contribution in [3.63, 3.8) is 0 Å². The summed E-state index contributed by atoms with van der Waals surface area (Å²) in [6, 6.07) is 0. The van der Waals surface area contributed by atoms with E-state index in [4.69, 9.17) is 15.2 Å². The van der Waals surface area contributed by atoms with Crippen molar-refractivity contribution in [2.45, 2.75) is 31.6 Å². The molecule has 24 heavy (non-hydrogen) atoms. The molecule has 1 aromatic rings. The molecule has 10 heteroatoms. The molecule has 1 aromatic heterocycles. The van der Waals surface area contributed by atoms with Crippen LogP contribution in [0.1, 0.15) is 18.5 Å². The molecule has 1 amide bonds. The Morgan fingerprint density at radius 2 is 2.12 bits per heavy atom. The van der Waals surface area contributed by atoms with Gasteiger partial charge in [0, 0.05) is 31.6 Å². The van der Waals surface area contributed by atoms with Gasteiger partial charge in [0.15, 0.2) is 5.13 Å². The van der Waals surface area contributed by atoms with Gasteiger partial charge in [-0.1, -0.05) is 0 Å². The first-order valence-corrected chi connectivity index (χ1v) is 8.53. The van der Waals surface area contributed by atoms with Gasteiger partial charge >= 0.3 is 0 Å². The maximum Gasteiger partial charge on any atom is 0.255 e. The van der Waals surface area contributed by atoms with Crippen LogP contribution in [-0.2, 0) is 20.8 Å². The summed E-state index contributed by atoms with van der Waals surface area (Å²) in [5.74, 6) is -0.122. The number of nitrogens with zero attached hydrogens (tertiary/aromatic N) is 2. The number of rotatable bonds is 5. The quantitative estimate of drug-likeness (QED) is 0.775. The molecule has 0 radical (unpaired) electrons. The van der Waals surface area contributed by atoms with Crippen LogP contribution in [0.25, 0.3) is 0 Å². The van der Waals surface area contributed by atoms with E-state index in [0.29, 0.717) is 11.7 Å². The number of nitrogens with two attached hydrogens (primary N) is 1. The van der Waals surface area contributed by atoms with Crippen LogP contribution in [0.4, 0.5) is 5.13 Å². The third kappa shape index (κ3) is 5.80. The number of amides is 1. The molecule has 3 heterocycles. The minimum atomic E-state index is -0.403. The summed E-state index contributed by atoms with van der Waals surface area (Å²) >= 11 is 1.45. The Morgan fingerprint density at radius 3 is 2.79 bits per heavy atom. The number of carbonyl (C=O) groups is 1. The van der Waals surface area contributed by atoms with Crippen molar-refractivity contribution in [1.82, 2.24) is 9.88 Å². The fourth-order valence-corrected chi connectivity index (χ4v) is 3.39. The first-order valence-electron chi connectivity index (χ1n) is 7.65. The van der Waals surface area contributed by atoms with Crippen LogP contribution in [0, 0.1) is 0 Å². The number of aromatic nitrogens is 1. The first kappa shape index (κ1) is 21.6. The van der Waals surface area contributed by atoms with E-state index in [0.717, 1.165) is 51.4 Å². The molecule has 0 aliphatic carbocycles. The van der Waals surface area contributed by atoms with Crippen molar-refractivity contribution in [2.75, 3.05) is 38.2 Å². The molecule has 138 valence electrons. The Balaban J connectivity index is 0.00000144. The topological polar surface area (TPSA) is 89.7 Å². The molecule has 2 fully saturated rings. The molecular weight excluding hydrogens is 375 g/mol. The zero-order valence-corrected chi connectivity index (χ0v) is 15.8. The molecule has 2 atom stereocenters. The lowest BCUT2D eigenvalue weighted by Crippen LogP contribution is -2.35. The summed E-state index contributed by atoms with van der Waals surface area (Å²) in [5.41, 5.74) is 6.54. The molecule has 0 saturated carbocycles. The lowest BCUT2D eigenvalue weighted by atomic mass is 10.2. The van der Waals surface area contributed by atoms with E-state index in [2.05, 4.69) is 15.2 Å². The second-order valence-corrected chi connectivity index (χ2v) is 6.44. The minimum Gasteiger partial charge on any atom is -0.379 e. The number of hydrogen-bond acceptors (Lipinski definition) is 7. The third-order valence-electron chi connectivity index (χ3n) is 3.93. The summed E-state index contributed by atoms with van der Waals surface area (Å²) in [4.78, 5) is 18.9. The fourth-order valence-electron chi connectivity index (χ4n) is 2.68. The van der Waals surface area contributed by atoms with Crippen molar-refractivity contribution < 1.29 is 14.3 Å². The average molecular weight is 399 g/mol. The van der Waals surface area contributed by atoms with Gasteiger partial charge in [0.05, 0.1) is 25.0 Å². The van der Waals surface area contributed by atoms with Gasteiger partial charge in [0.1, 0.15) is 6.10 Å². The third-order valence-corrected chi connectivity index (χ3v) is 4.74. The number of ether oxygens (including phenoxy) is 2. The Kier molecular flexibility index (Phi) is 9.43. The maximum absolute atomic E-state index is 12.1. The second-order valence-electron chi connectivity index (χ2n) is 5.58. The lowest BCUT2D eigenvalue weighted by molar-refractivity contribution is -0.126. The van der Waals surface area contributed by atoms with E-state index in [1.807, 2.05) is 5.38 Å². The van der Waals surface area contributed by atoms with Gasteiger partial charge in [0.25, 0.3) is 5.91 Å².